The highest BCUT2D eigenvalue weighted by Gasteiger charge is 2.16. The Bertz CT molecular complexity index is 956. The molecule has 1 aromatic heterocycles. The molecule has 1 heterocycles. The number of ether oxygens (including phenoxy) is 1. The fourth-order valence-electron chi connectivity index (χ4n) is 2.84. The SMILES string of the molecule is CCCOc1ccccc1-c1ccc(C(=O)O)c(Cc2cccc(F)c2)n1. The second-order valence-electron chi connectivity index (χ2n) is 6.15. The van der Waals surface area contributed by atoms with Gasteiger partial charge < -0.3 is 9.84 Å². The average molecular weight is 365 g/mol. The smallest absolute Gasteiger partial charge is 0.337 e. The number of halogens is 1. The van der Waals surface area contributed by atoms with Gasteiger partial charge in [0.15, 0.2) is 0 Å². The van der Waals surface area contributed by atoms with Crippen molar-refractivity contribution in [2.45, 2.75) is 19.8 Å². The first-order valence-corrected chi connectivity index (χ1v) is 8.78. The molecule has 0 aliphatic rings. The highest BCUT2D eigenvalue weighted by Crippen LogP contribution is 2.30. The van der Waals surface area contributed by atoms with Gasteiger partial charge in [0.05, 0.1) is 23.6 Å². The predicted molar refractivity (Wildman–Crippen MR) is 102 cm³/mol. The molecule has 4 nitrogen and oxygen atoms in total. The van der Waals surface area contributed by atoms with Crippen LogP contribution >= 0.6 is 0 Å². The van der Waals surface area contributed by atoms with Crippen molar-refractivity contribution in [3.05, 3.63) is 83.3 Å². The highest BCUT2D eigenvalue weighted by molar-refractivity contribution is 5.89. The zero-order valence-corrected chi connectivity index (χ0v) is 15.0. The van der Waals surface area contributed by atoms with Crippen LogP contribution in [-0.2, 0) is 6.42 Å². The van der Waals surface area contributed by atoms with E-state index in [1.807, 2.05) is 31.2 Å². The van der Waals surface area contributed by atoms with Crippen molar-refractivity contribution >= 4 is 5.97 Å². The van der Waals surface area contributed by atoms with E-state index in [2.05, 4.69) is 4.98 Å². The zero-order valence-electron chi connectivity index (χ0n) is 15.0. The van der Waals surface area contributed by atoms with Gasteiger partial charge in [-0.25, -0.2) is 9.18 Å². The molecule has 0 bridgehead atoms. The van der Waals surface area contributed by atoms with Gasteiger partial charge in [0, 0.05) is 12.0 Å². The quantitative estimate of drug-likeness (QED) is 0.642. The Hall–Kier alpha value is -3.21. The van der Waals surface area contributed by atoms with Gasteiger partial charge in [0.1, 0.15) is 11.6 Å². The number of rotatable bonds is 7. The number of carbonyl (C=O) groups is 1. The largest absolute Gasteiger partial charge is 0.493 e. The summed E-state index contributed by atoms with van der Waals surface area (Å²) in [6.07, 6.45) is 1.11. The molecule has 5 heteroatoms. The maximum Gasteiger partial charge on any atom is 0.337 e. The lowest BCUT2D eigenvalue weighted by Gasteiger charge is -2.13. The van der Waals surface area contributed by atoms with E-state index in [9.17, 15) is 14.3 Å². The standard InChI is InChI=1S/C22H20FNO3/c1-2-12-27-21-9-4-3-8-17(21)19-11-10-18(22(25)26)20(24-19)14-15-6-5-7-16(23)13-15/h3-11,13H,2,12,14H2,1H3,(H,25,26). The highest BCUT2D eigenvalue weighted by atomic mass is 19.1. The van der Waals surface area contributed by atoms with Gasteiger partial charge in [0.2, 0.25) is 0 Å². The van der Waals surface area contributed by atoms with E-state index in [-0.39, 0.29) is 17.8 Å². The fourth-order valence-corrected chi connectivity index (χ4v) is 2.84. The lowest BCUT2D eigenvalue weighted by atomic mass is 10.0. The molecule has 138 valence electrons. The van der Waals surface area contributed by atoms with Crippen LogP contribution in [0.4, 0.5) is 4.39 Å². The second-order valence-corrected chi connectivity index (χ2v) is 6.15. The third-order valence-electron chi connectivity index (χ3n) is 4.09. The summed E-state index contributed by atoms with van der Waals surface area (Å²) in [5.41, 5.74) is 2.57. The number of carboxylic acid groups (broad SMARTS) is 1. The van der Waals surface area contributed by atoms with Crippen LogP contribution in [0.15, 0.2) is 60.7 Å². The minimum absolute atomic E-state index is 0.106. The zero-order chi connectivity index (χ0) is 19.2. The lowest BCUT2D eigenvalue weighted by molar-refractivity contribution is 0.0695. The van der Waals surface area contributed by atoms with Crippen molar-refractivity contribution in [3.63, 3.8) is 0 Å². The Labute approximate surface area is 157 Å². The number of carboxylic acids is 1. The van der Waals surface area contributed by atoms with Gasteiger partial charge in [0.25, 0.3) is 0 Å². The van der Waals surface area contributed by atoms with Gasteiger partial charge in [-0.1, -0.05) is 31.2 Å². The number of aromatic nitrogens is 1. The molecule has 0 aliphatic carbocycles. The third-order valence-corrected chi connectivity index (χ3v) is 4.09. The molecule has 3 rings (SSSR count). The molecule has 0 aliphatic heterocycles. The van der Waals surface area contributed by atoms with Crippen molar-refractivity contribution in [1.29, 1.82) is 0 Å². The summed E-state index contributed by atoms with van der Waals surface area (Å²) >= 11 is 0. The molecule has 0 fully saturated rings. The molecule has 0 unspecified atom stereocenters. The molecule has 0 saturated carbocycles. The molecular formula is C22H20FNO3. The molecule has 0 spiro atoms. The molecule has 0 radical (unpaired) electrons. The van der Waals surface area contributed by atoms with E-state index >= 15 is 0 Å². The van der Waals surface area contributed by atoms with E-state index in [0.717, 1.165) is 12.0 Å². The minimum atomic E-state index is -1.06. The summed E-state index contributed by atoms with van der Waals surface area (Å²) in [5.74, 6) is -0.721. The summed E-state index contributed by atoms with van der Waals surface area (Å²) < 4.78 is 19.3. The van der Waals surface area contributed by atoms with E-state index in [0.29, 0.717) is 29.3 Å². The first-order valence-electron chi connectivity index (χ1n) is 8.78. The molecule has 3 aromatic rings. The Morgan fingerprint density at radius 3 is 2.67 bits per heavy atom. The number of pyridine rings is 1. The lowest BCUT2D eigenvalue weighted by Crippen LogP contribution is -2.07. The van der Waals surface area contributed by atoms with Crippen LogP contribution in [0.1, 0.15) is 35.0 Å². The van der Waals surface area contributed by atoms with Crippen LogP contribution in [-0.4, -0.2) is 22.7 Å². The molecular weight excluding hydrogens is 345 g/mol. The molecule has 27 heavy (non-hydrogen) atoms. The van der Waals surface area contributed by atoms with Crippen molar-refractivity contribution in [2.24, 2.45) is 0 Å². The average Bonchev–Trinajstić information content (AvgIpc) is 2.66. The second kappa shape index (κ2) is 8.45. The Balaban J connectivity index is 2.03. The van der Waals surface area contributed by atoms with Crippen LogP contribution in [0.25, 0.3) is 11.3 Å². The number of benzene rings is 2. The molecule has 2 aromatic carbocycles. The van der Waals surface area contributed by atoms with Crippen LogP contribution in [0.2, 0.25) is 0 Å². The number of aromatic carboxylic acids is 1. The van der Waals surface area contributed by atoms with Gasteiger partial charge in [-0.05, 0) is 48.4 Å². The number of nitrogens with zero attached hydrogens (tertiary/aromatic N) is 1. The summed E-state index contributed by atoms with van der Waals surface area (Å²) in [5, 5.41) is 9.49. The van der Waals surface area contributed by atoms with E-state index < -0.39 is 5.97 Å². The fraction of sp³-hybridized carbons (Fsp3) is 0.182. The Morgan fingerprint density at radius 1 is 1.11 bits per heavy atom. The minimum Gasteiger partial charge on any atom is -0.493 e. The van der Waals surface area contributed by atoms with Crippen molar-refractivity contribution < 1.29 is 19.0 Å². The number of hydrogen-bond donors (Lipinski definition) is 1. The number of para-hydroxylation sites is 1. The molecule has 1 N–H and O–H groups in total. The summed E-state index contributed by atoms with van der Waals surface area (Å²) in [6, 6.07) is 16.8. The first-order chi connectivity index (χ1) is 13.1. The molecule has 0 atom stereocenters. The normalized spacial score (nSPS) is 10.6. The monoisotopic (exact) mass is 365 g/mol. The Kier molecular flexibility index (Phi) is 5.81. The first kappa shape index (κ1) is 18.6. The van der Waals surface area contributed by atoms with E-state index in [1.165, 1.54) is 18.2 Å². The van der Waals surface area contributed by atoms with Crippen molar-refractivity contribution in [2.75, 3.05) is 6.61 Å². The van der Waals surface area contributed by atoms with Gasteiger partial charge in [-0.3, -0.25) is 4.98 Å². The van der Waals surface area contributed by atoms with Gasteiger partial charge in [-0.15, -0.1) is 0 Å². The maximum absolute atomic E-state index is 13.5. The summed E-state index contributed by atoms with van der Waals surface area (Å²) in [4.78, 5) is 16.2. The van der Waals surface area contributed by atoms with Crippen molar-refractivity contribution in [1.82, 2.24) is 4.98 Å². The summed E-state index contributed by atoms with van der Waals surface area (Å²) in [7, 11) is 0. The van der Waals surface area contributed by atoms with Crippen molar-refractivity contribution in [3.8, 4) is 17.0 Å². The maximum atomic E-state index is 13.5. The van der Waals surface area contributed by atoms with Gasteiger partial charge in [-0.2, -0.15) is 0 Å². The van der Waals surface area contributed by atoms with Crippen LogP contribution < -0.4 is 4.74 Å². The third kappa shape index (κ3) is 4.50. The van der Waals surface area contributed by atoms with Crippen LogP contribution in [0, 0.1) is 5.82 Å². The van der Waals surface area contributed by atoms with Crippen LogP contribution in [0.5, 0.6) is 5.75 Å². The topological polar surface area (TPSA) is 59.4 Å². The van der Waals surface area contributed by atoms with Crippen LogP contribution in [0.3, 0.4) is 0 Å². The molecule has 0 saturated heterocycles. The molecule has 0 amide bonds. The summed E-state index contributed by atoms with van der Waals surface area (Å²) in [6.45, 7) is 2.61. The van der Waals surface area contributed by atoms with E-state index in [1.54, 1.807) is 18.2 Å². The predicted octanol–water partition coefficient (Wildman–Crippen LogP) is 4.97. The Morgan fingerprint density at radius 2 is 1.93 bits per heavy atom. The van der Waals surface area contributed by atoms with Gasteiger partial charge >= 0.3 is 5.97 Å². The number of hydrogen-bond acceptors (Lipinski definition) is 3. The van der Waals surface area contributed by atoms with E-state index in [4.69, 9.17) is 4.74 Å².